The molecule has 0 bridgehead atoms. The molecule has 1 heterocycles. The number of ether oxygens (including phenoxy) is 1. The van der Waals surface area contributed by atoms with Crippen LogP contribution in [0.5, 0.6) is 0 Å². The molecule has 4 heteroatoms. The van der Waals surface area contributed by atoms with Gasteiger partial charge in [0.25, 0.3) is 0 Å². The Morgan fingerprint density at radius 3 is 2.55 bits per heavy atom. The summed E-state index contributed by atoms with van der Waals surface area (Å²) in [6.07, 6.45) is 5.45. The minimum absolute atomic E-state index is 0.313. The van der Waals surface area contributed by atoms with Gasteiger partial charge in [0.1, 0.15) is 11.4 Å². The lowest BCUT2D eigenvalue weighted by Gasteiger charge is -2.11. The fourth-order valence-electron chi connectivity index (χ4n) is 3.35. The molecule has 29 heavy (non-hydrogen) atoms. The van der Waals surface area contributed by atoms with Crippen LogP contribution >= 0.6 is 0 Å². The SMILES string of the molecule is CCOC(=O)C(=Cc1ccc2ccccc2c1)c1nccn1Cc1ccccc1. The molecule has 0 radical (unpaired) electrons. The number of benzene rings is 3. The van der Waals surface area contributed by atoms with Crippen LogP contribution in [0.1, 0.15) is 23.9 Å². The van der Waals surface area contributed by atoms with E-state index in [0.29, 0.717) is 24.5 Å². The summed E-state index contributed by atoms with van der Waals surface area (Å²) in [5.41, 5.74) is 2.52. The van der Waals surface area contributed by atoms with Gasteiger partial charge in [-0.25, -0.2) is 9.78 Å². The standard InChI is InChI=1S/C25H22N2O2/c1-2-29-25(28)23(17-20-12-13-21-10-6-7-11-22(21)16-20)24-26-14-15-27(24)18-19-8-4-3-5-9-19/h3-17H,2,18H2,1H3. The van der Waals surface area contributed by atoms with Gasteiger partial charge in [-0.05, 0) is 41.0 Å². The molecule has 4 aromatic rings. The predicted molar refractivity (Wildman–Crippen MR) is 116 cm³/mol. The lowest BCUT2D eigenvalue weighted by atomic mass is 10.0. The number of fused-ring (bicyclic) bond motifs is 1. The molecule has 0 spiro atoms. The molecule has 4 nitrogen and oxygen atoms in total. The molecule has 144 valence electrons. The normalized spacial score (nSPS) is 11.6. The fraction of sp³-hybridized carbons (Fsp3) is 0.120. The maximum absolute atomic E-state index is 12.8. The van der Waals surface area contributed by atoms with E-state index < -0.39 is 0 Å². The van der Waals surface area contributed by atoms with E-state index in [1.54, 1.807) is 6.20 Å². The summed E-state index contributed by atoms with van der Waals surface area (Å²) < 4.78 is 7.30. The number of nitrogens with zero attached hydrogens (tertiary/aromatic N) is 2. The van der Waals surface area contributed by atoms with Crippen molar-refractivity contribution in [3.05, 3.63) is 102 Å². The number of hydrogen-bond donors (Lipinski definition) is 0. The number of rotatable bonds is 6. The summed E-state index contributed by atoms with van der Waals surface area (Å²) in [4.78, 5) is 17.2. The van der Waals surface area contributed by atoms with Crippen LogP contribution in [0.15, 0.2) is 85.2 Å². The minimum Gasteiger partial charge on any atom is -0.462 e. The smallest absolute Gasteiger partial charge is 0.341 e. The molecule has 0 aliphatic rings. The molecule has 0 saturated carbocycles. The first kappa shape index (κ1) is 18.7. The second-order valence-electron chi connectivity index (χ2n) is 6.75. The number of esters is 1. The molecule has 0 saturated heterocycles. The second kappa shape index (κ2) is 8.57. The third-order valence-corrected chi connectivity index (χ3v) is 4.73. The number of aromatic nitrogens is 2. The summed E-state index contributed by atoms with van der Waals surface area (Å²) in [6, 6.07) is 24.4. The highest BCUT2D eigenvalue weighted by Crippen LogP contribution is 2.23. The van der Waals surface area contributed by atoms with Crippen LogP contribution in [-0.4, -0.2) is 22.1 Å². The summed E-state index contributed by atoms with van der Waals surface area (Å²) in [5, 5.41) is 2.28. The van der Waals surface area contributed by atoms with Gasteiger partial charge in [0.15, 0.2) is 0 Å². The zero-order valence-corrected chi connectivity index (χ0v) is 16.3. The molecule has 0 amide bonds. The first-order chi connectivity index (χ1) is 14.2. The highest BCUT2D eigenvalue weighted by molar-refractivity contribution is 6.20. The molecule has 0 fully saturated rings. The van der Waals surface area contributed by atoms with Gasteiger partial charge < -0.3 is 9.30 Å². The molecule has 4 rings (SSSR count). The van der Waals surface area contributed by atoms with Crippen molar-refractivity contribution in [3.8, 4) is 0 Å². The quantitative estimate of drug-likeness (QED) is 0.341. The molecular weight excluding hydrogens is 360 g/mol. The Hall–Kier alpha value is -3.66. The molecule has 0 aliphatic carbocycles. The molecular formula is C25H22N2O2. The van der Waals surface area contributed by atoms with E-state index in [1.807, 2.05) is 60.2 Å². The van der Waals surface area contributed by atoms with Crippen LogP contribution in [0, 0.1) is 0 Å². The first-order valence-electron chi connectivity index (χ1n) is 9.67. The molecule has 3 aromatic carbocycles. The second-order valence-corrected chi connectivity index (χ2v) is 6.75. The van der Waals surface area contributed by atoms with E-state index in [0.717, 1.165) is 21.9 Å². The van der Waals surface area contributed by atoms with Gasteiger partial charge in [0, 0.05) is 18.9 Å². The van der Waals surface area contributed by atoms with E-state index >= 15 is 0 Å². The molecule has 0 unspecified atom stereocenters. The maximum Gasteiger partial charge on any atom is 0.341 e. The molecule has 1 aromatic heterocycles. The zero-order valence-electron chi connectivity index (χ0n) is 16.3. The first-order valence-corrected chi connectivity index (χ1v) is 9.67. The van der Waals surface area contributed by atoms with Crippen LogP contribution in [0.3, 0.4) is 0 Å². The Morgan fingerprint density at radius 2 is 1.76 bits per heavy atom. The van der Waals surface area contributed by atoms with E-state index in [2.05, 4.69) is 41.4 Å². The van der Waals surface area contributed by atoms with Crippen LogP contribution in [0.25, 0.3) is 22.4 Å². The van der Waals surface area contributed by atoms with Crippen molar-refractivity contribution in [1.82, 2.24) is 9.55 Å². The number of hydrogen-bond acceptors (Lipinski definition) is 3. The van der Waals surface area contributed by atoms with Gasteiger partial charge in [-0.3, -0.25) is 0 Å². The average molecular weight is 382 g/mol. The maximum atomic E-state index is 12.8. The van der Waals surface area contributed by atoms with Crippen molar-refractivity contribution < 1.29 is 9.53 Å². The Labute approximate surface area is 170 Å². The third kappa shape index (κ3) is 4.27. The van der Waals surface area contributed by atoms with Crippen molar-refractivity contribution >= 4 is 28.4 Å². The Bertz CT molecular complexity index is 1160. The van der Waals surface area contributed by atoms with Crippen molar-refractivity contribution in [2.24, 2.45) is 0 Å². The van der Waals surface area contributed by atoms with Gasteiger partial charge in [0.2, 0.25) is 0 Å². The zero-order chi connectivity index (χ0) is 20.1. The highest BCUT2D eigenvalue weighted by atomic mass is 16.5. The third-order valence-electron chi connectivity index (χ3n) is 4.73. The van der Waals surface area contributed by atoms with Crippen molar-refractivity contribution in [2.75, 3.05) is 6.61 Å². The van der Waals surface area contributed by atoms with Gasteiger partial charge in [-0.15, -0.1) is 0 Å². The molecule has 0 N–H and O–H groups in total. The van der Waals surface area contributed by atoms with Gasteiger partial charge in [0.05, 0.1) is 6.61 Å². The Kier molecular flexibility index (Phi) is 5.52. The van der Waals surface area contributed by atoms with Crippen molar-refractivity contribution in [2.45, 2.75) is 13.5 Å². The molecule has 0 aliphatic heterocycles. The number of imidazole rings is 1. The van der Waals surface area contributed by atoms with Crippen LogP contribution in [-0.2, 0) is 16.1 Å². The number of carbonyl (C=O) groups is 1. The highest BCUT2D eigenvalue weighted by Gasteiger charge is 2.19. The fourth-order valence-corrected chi connectivity index (χ4v) is 3.35. The summed E-state index contributed by atoms with van der Waals surface area (Å²) in [5.74, 6) is 0.224. The average Bonchev–Trinajstić information content (AvgIpc) is 3.20. The van der Waals surface area contributed by atoms with Crippen LogP contribution in [0.4, 0.5) is 0 Å². The lowest BCUT2D eigenvalue weighted by molar-refractivity contribution is -0.136. The predicted octanol–water partition coefficient (Wildman–Crippen LogP) is 5.19. The summed E-state index contributed by atoms with van der Waals surface area (Å²) in [6.45, 7) is 2.75. The van der Waals surface area contributed by atoms with Crippen LogP contribution < -0.4 is 0 Å². The Morgan fingerprint density at radius 1 is 1.00 bits per heavy atom. The van der Waals surface area contributed by atoms with Crippen molar-refractivity contribution in [1.29, 1.82) is 0 Å². The van der Waals surface area contributed by atoms with Crippen LogP contribution in [0.2, 0.25) is 0 Å². The van der Waals surface area contributed by atoms with E-state index in [4.69, 9.17) is 4.74 Å². The van der Waals surface area contributed by atoms with E-state index in [9.17, 15) is 4.79 Å². The summed E-state index contributed by atoms with van der Waals surface area (Å²) in [7, 11) is 0. The largest absolute Gasteiger partial charge is 0.462 e. The summed E-state index contributed by atoms with van der Waals surface area (Å²) >= 11 is 0. The van der Waals surface area contributed by atoms with E-state index in [1.165, 1.54) is 0 Å². The monoisotopic (exact) mass is 382 g/mol. The van der Waals surface area contributed by atoms with Gasteiger partial charge in [-0.1, -0.05) is 66.7 Å². The minimum atomic E-state index is -0.374. The van der Waals surface area contributed by atoms with Gasteiger partial charge in [-0.2, -0.15) is 0 Å². The van der Waals surface area contributed by atoms with E-state index in [-0.39, 0.29) is 5.97 Å². The lowest BCUT2D eigenvalue weighted by Crippen LogP contribution is -2.12. The molecule has 0 atom stereocenters. The number of carbonyl (C=O) groups excluding carboxylic acids is 1. The van der Waals surface area contributed by atoms with Gasteiger partial charge >= 0.3 is 5.97 Å². The Balaban J connectivity index is 1.75. The topological polar surface area (TPSA) is 44.1 Å². The van der Waals surface area contributed by atoms with Crippen molar-refractivity contribution in [3.63, 3.8) is 0 Å².